The van der Waals surface area contributed by atoms with E-state index in [9.17, 15) is 4.79 Å². The lowest BCUT2D eigenvalue weighted by Crippen LogP contribution is -2.42. The van der Waals surface area contributed by atoms with Crippen LogP contribution >= 0.6 is 0 Å². The molecule has 0 bridgehead atoms. The van der Waals surface area contributed by atoms with Gasteiger partial charge in [-0.1, -0.05) is 13.0 Å². The molecule has 21 heavy (non-hydrogen) atoms. The molecule has 0 saturated carbocycles. The molecule has 1 atom stereocenters. The summed E-state index contributed by atoms with van der Waals surface area (Å²) >= 11 is 0. The molecule has 5 heteroatoms. The first-order valence-electron chi connectivity index (χ1n) is 7.43. The Labute approximate surface area is 127 Å². The lowest BCUT2D eigenvalue weighted by molar-refractivity contribution is -0.122. The van der Waals surface area contributed by atoms with Crippen molar-refractivity contribution in [1.82, 2.24) is 10.6 Å². The van der Waals surface area contributed by atoms with Crippen LogP contribution in [0.1, 0.15) is 32.8 Å². The van der Waals surface area contributed by atoms with Gasteiger partial charge in [0.2, 0.25) is 5.91 Å². The standard InChI is InChI=1S/C16H26N2O3/c1-5-9-17-16(19)12(3)18-11-13-7-8-14(20-4)15(10-13)21-6-2/h7-8,10,12,18H,5-6,9,11H2,1-4H3,(H,17,19). The molecule has 2 N–H and O–H groups in total. The highest BCUT2D eigenvalue weighted by molar-refractivity contribution is 5.81. The van der Waals surface area contributed by atoms with Crippen molar-refractivity contribution in [2.45, 2.75) is 39.8 Å². The van der Waals surface area contributed by atoms with E-state index in [2.05, 4.69) is 10.6 Å². The van der Waals surface area contributed by atoms with Gasteiger partial charge in [0.25, 0.3) is 0 Å². The minimum Gasteiger partial charge on any atom is -0.493 e. The second-order valence-corrected chi connectivity index (χ2v) is 4.81. The van der Waals surface area contributed by atoms with Gasteiger partial charge in [0.1, 0.15) is 0 Å². The van der Waals surface area contributed by atoms with Crippen molar-refractivity contribution in [2.75, 3.05) is 20.3 Å². The molecule has 0 fully saturated rings. The average molecular weight is 294 g/mol. The molecule has 0 radical (unpaired) electrons. The number of hydrogen-bond donors (Lipinski definition) is 2. The number of benzene rings is 1. The van der Waals surface area contributed by atoms with Crippen LogP contribution in [0.15, 0.2) is 18.2 Å². The van der Waals surface area contributed by atoms with E-state index in [0.717, 1.165) is 17.7 Å². The van der Waals surface area contributed by atoms with Gasteiger partial charge in [0, 0.05) is 13.1 Å². The maximum atomic E-state index is 11.8. The quantitative estimate of drug-likeness (QED) is 0.732. The highest BCUT2D eigenvalue weighted by Gasteiger charge is 2.12. The minimum atomic E-state index is -0.228. The molecule has 1 amide bonds. The molecule has 0 aromatic heterocycles. The van der Waals surface area contributed by atoms with E-state index in [4.69, 9.17) is 9.47 Å². The Hall–Kier alpha value is -1.75. The molecular weight excluding hydrogens is 268 g/mol. The number of nitrogens with one attached hydrogen (secondary N) is 2. The van der Waals surface area contributed by atoms with Gasteiger partial charge in [-0.05, 0) is 38.0 Å². The SMILES string of the molecule is CCCNC(=O)C(C)NCc1ccc(OC)c(OCC)c1. The van der Waals surface area contributed by atoms with Crippen LogP contribution in [0.3, 0.4) is 0 Å². The van der Waals surface area contributed by atoms with Gasteiger partial charge in [-0.2, -0.15) is 0 Å². The molecule has 1 aromatic rings. The van der Waals surface area contributed by atoms with Crippen LogP contribution in [0.2, 0.25) is 0 Å². The fraction of sp³-hybridized carbons (Fsp3) is 0.562. The third-order valence-electron chi connectivity index (χ3n) is 3.08. The molecule has 0 spiro atoms. The van der Waals surface area contributed by atoms with Crippen molar-refractivity contribution >= 4 is 5.91 Å². The van der Waals surface area contributed by atoms with Crippen LogP contribution in [0.25, 0.3) is 0 Å². The first-order chi connectivity index (χ1) is 10.1. The normalized spacial score (nSPS) is 11.8. The van der Waals surface area contributed by atoms with Gasteiger partial charge in [-0.25, -0.2) is 0 Å². The van der Waals surface area contributed by atoms with Crippen molar-refractivity contribution in [3.63, 3.8) is 0 Å². The number of hydrogen-bond acceptors (Lipinski definition) is 4. The van der Waals surface area contributed by atoms with E-state index in [0.29, 0.717) is 25.4 Å². The van der Waals surface area contributed by atoms with E-state index < -0.39 is 0 Å². The molecule has 0 heterocycles. The number of carbonyl (C=O) groups is 1. The first kappa shape index (κ1) is 17.3. The molecule has 118 valence electrons. The molecule has 1 unspecified atom stereocenters. The molecule has 1 rings (SSSR count). The fourth-order valence-electron chi connectivity index (χ4n) is 1.86. The predicted molar refractivity (Wildman–Crippen MR) is 83.8 cm³/mol. The Morgan fingerprint density at radius 1 is 1.29 bits per heavy atom. The average Bonchev–Trinajstić information content (AvgIpc) is 2.50. The Morgan fingerprint density at radius 3 is 2.67 bits per heavy atom. The second kappa shape index (κ2) is 9.23. The highest BCUT2D eigenvalue weighted by Crippen LogP contribution is 2.27. The molecular formula is C16H26N2O3. The van der Waals surface area contributed by atoms with Crippen LogP contribution in [-0.2, 0) is 11.3 Å². The van der Waals surface area contributed by atoms with Crippen LogP contribution in [0.4, 0.5) is 0 Å². The summed E-state index contributed by atoms with van der Waals surface area (Å²) < 4.78 is 10.8. The number of methoxy groups -OCH3 is 1. The first-order valence-corrected chi connectivity index (χ1v) is 7.43. The summed E-state index contributed by atoms with van der Waals surface area (Å²) in [5.74, 6) is 1.46. The Balaban J connectivity index is 2.58. The van der Waals surface area contributed by atoms with Gasteiger partial charge in [-0.3, -0.25) is 4.79 Å². The highest BCUT2D eigenvalue weighted by atomic mass is 16.5. The smallest absolute Gasteiger partial charge is 0.236 e. The summed E-state index contributed by atoms with van der Waals surface area (Å²) in [6, 6.07) is 5.55. The maximum absolute atomic E-state index is 11.8. The largest absolute Gasteiger partial charge is 0.493 e. The van der Waals surface area contributed by atoms with Gasteiger partial charge in [0.05, 0.1) is 19.8 Å². The zero-order valence-corrected chi connectivity index (χ0v) is 13.4. The predicted octanol–water partition coefficient (Wildman–Crippen LogP) is 2.10. The van der Waals surface area contributed by atoms with Crippen molar-refractivity contribution in [1.29, 1.82) is 0 Å². The lowest BCUT2D eigenvalue weighted by atomic mass is 10.2. The molecule has 5 nitrogen and oxygen atoms in total. The van der Waals surface area contributed by atoms with Crippen molar-refractivity contribution < 1.29 is 14.3 Å². The number of rotatable bonds is 9. The van der Waals surface area contributed by atoms with Crippen LogP contribution in [-0.4, -0.2) is 32.2 Å². The van der Waals surface area contributed by atoms with Crippen molar-refractivity contribution in [3.05, 3.63) is 23.8 Å². The molecule has 0 aliphatic heterocycles. The van der Waals surface area contributed by atoms with E-state index in [1.165, 1.54) is 0 Å². The van der Waals surface area contributed by atoms with E-state index in [1.807, 2.05) is 39.0 Å². The van der Waals surface area contributed by atoms with Gasteiger partial charge in [-0.15, -0.1) is 0 Å². The Bertz CT molecular complexity index is 449. The zero-order valence-electron chi connectivity index (χ0n) is 13.4. The number of amides is 1. The zero-order chi connectivity index (χ0) is 15.7. The summed E-state index contributed by atoms with van der Waals surface area (Å²) in [6.07, 6.45) is 0.939. The summed E-state index contributed by atoms with van der Waals surface area (Å²) in [6.45, 7) is 7.73. The number of carbonyl (C=O) groups excluding carboxylic acids is 1. The van der Waals surface area contributed by atoms with Gasteiger partial charge < -0.3 is 20.1 Å². The molecule has 1 aromatic carbocycles. The summed E-state index contributed by atoms with van der Waals surface area (Å²) in [5, 5.41) is 6.08. The Morgan fingerprint density at radius 2 is 2.05 bits per heavy atom. The van der Waals surface area contributed by atoms with E-state index in [1.54, 1.807) is 7.11 Å². The monoisotopic (exact) mass is 294 g/mol. The maximum Gasteiger partial charge on any atom is 0.236 e. The fourth-order valence-corrected chi connectivity index (χ4v) is 1.86. The molecule has 0 aliphatic rings. The second-order valence-electron chi connectivity index (χ2n) is 4.81. The molecule has 0 aliphatic carbocycles. The van der Waals surface area contributed by atoms with Gasteiger partial charge in [0.15, 0.2) is 11.5 Å². The lowest BCUT2D eigenvalue weighted by Gasteiger charge is -2.15. The van der Waals surface area contributed by atoms with Crippen LogP contribution in [0, 0.1) is 0 Å². The Kier molecular flexibility index (Phi) is 7.61. The third kappa shape index (κ3) is 5.63. The topological polar surface area (TPSA) is 59.6 Å². The van der Waals surface area contributed by atoms with Crippen LogP contribution in [0.5, 0.6) is 11.5 Å². The summed E-state index contributed by atoms with van der Waals surface area (Å²) in [4.78, 5) is 11.8. The number of ether oxygens (including phenoxy) is 2. The molecule has 0 saturated heterocycles. The van der Waals surface area contributed by atoms with Crippen molar-refractivity contribution in [3.8, 4) is 11.5 Å². The minimum absolute atomic E-state index is 0.0235. The van der Waals surface area contributed by atoms with Gasteiger partial charge >= 0.3 is 0 Å². The van der Waals surface area contributed by atoms with Crippen molar-refractivity contribution in [2.24, 2.45) is 0 Å². The summed E-state index contributed by atoms with van der Waals surface area (Å²) in [5.41, 5.74) is 1.05. The third-order valence-corrected chi connectivity index (χ3v) is 3.08. The van der Waals surface area contributed by atoms with E-state index in [-0.39, 0.29) is 11.9 Å². The van der Waals surface area contributed by atoms with Crippen LogP contribution < -0.4 is 20.1 Å². The van der Waals surface area contributed by atoms with E-state index >= 15 is 0 Å². The summed E-state index contributed by atoms with van der Waals surface area (Å²) in [7, 11) is 1.62.